The molecule has 18 heavy (non-hydrogen) atoms. The molecule has 1 fully saturated rings. The first-order chi connectivity index (χ1) is 8.85. The zero-order valence-corrected chi connectivity index (χ0v) is 11.9. The van der Waals surface area contributed by atoms with E-state index in [9.17, 15) is 0 Å². The van der Waals surface area contributed by atoms with Gasteiger partial charge in [-0.15, -0.1) is 0 Å². The molecule has 1 aliphatic carbocycles. The molecule has 1 atom stereocenters. The molecule has 1 N–H and O–H groups in total. The third-order valence-electron chi connectivity index (χ3n) is 4.53. The number of hydrogen-bond donors (Lipinski definition) is 1. The maximum Gasteiger partial charge on any atom is 0.0348 e. The summed E-state index contributed by atoms with van der Waals surface area (Å²) in [5.74, 6) is 1.69. The van der Waals surface area contributed by atoms with Gasteiger partial charge in [0.15, 0.2) is 0 Å². The zero-order valence-electron chi connectivity index (χ0n) is 11.9. The van der Waals surface area contributed by atoms with Gasteiger partial charge in [0.25, 0.3) is 0 Å². The number of rotatable bonds is 7. The molecule has 1 heteroatoms. The normalized spacial score (nSPS) is 17.7. The smallest absolute Gasteiger partial charge is 0.0348 e. The average Bonchev–Trinajstić information content (AvgIpc) is 2.37. The first-order valence-electron chi connectivity index (χ1n) is 7.63. The Morgan fingerprint density at radius 3 is 2.28 bits per heavy atom. The van der Waals surface area contributed by atoms with Crippen molar-refractivity contribution >= 4 is 0 Å². The zero-order chi connectivity index (χ0) is 12.8. The lowest BCUT2D eigenvalue weighted by Gasteiger charge is -2.32. The highest BCUT2D eigenvalue weighted by atomic mass is 14.9. The molecular weight excluding hydrogens is 218 g/mol. The summed E-state index contributed by atoms with van der Waals surface area (Å²) in [6.07, 6.45) is 6.81. The van der Waals surface area contributed by atoms with Crippen molar-refractivity contribution in [1.82, 2.24) is 5.32 Å². The molecule has 2 rings (SSSR count). The van der Waals surface area contributed by atoms with Gasteiger partial charge in [-0.05, 0) is 36.8 Å². The van der Waals surface area contributed by atoms with Crippen molar-refractivity contribution in [2.45, 2.75) is 52.0 Å². The highest BCUT2D eigenvalue weighted by Crippen LogP contribution is 2.30. The molecule has 100 valence electrons. The van der Waals surface area contributed by atoms with Crippen LogP contribution in [0.5, 0.6) is 0 Å². The van der Waals surface area contributed by atoms with Crippen LogP contribution in [0.1, 0.15) is 57.6 Å². The molecule has 0 aliphatic heterocycles. The van der Waals surface area contributed by atoms with Gasteiger partial charge in [-0.3, -0.25) is 0 Å². The molecule has 0 saturated heterocycles. The minimum atomic E-state index is 0.543. The number of benzene rings is 1. The minimum Gasteiger partial charge on any atom is -0.309 e. The Kier molecular flexibility index (Phi) is 5.25. The Hall–Kier alpha value is -0.820. The predicted molar refractivity (Wildman–Crippen MR) is 78.6 cm³/mol. The quantitative estimate of drug-likeness (QED) is 0.743. The number of nitrogens with one attached hydrogen (secondary N) is 1. The fraction of sp³-hybridized carbons (Fsp3) is 0.647. The van der Waals surface area contributed by atoms with Crippen molar-refractivity contribution in [2.24, 2.45) is 11.8 Å². The summed E-state index contributed by atoms with van der Waals surface area (Å²) in [4.78, 5) is 0. The molecule has 0 radical (unpaired) electrons. The van der Waals surface area contributed by atoms with Gasteiger partial charge in [0.2, 0.25) is 0 Å². The first kappa shape index (κ1) is 13.6. The summed E-state index contributed by atoms with van der Waals surface area (Å²) in [5, 5.41) is 3.84. The lowest BCUT2D eigenvalue weighted by molar-refractivity contribution is 0.259. The fourth-order valence-corrected chi connectivity index (χ4v) is 2.97. The van der Waals surface area contributed by atoms with Crippen molar-refractivity contribution in [1.29, 1.82) is 0 Å². The van der Waals surface area contributed by atoms with E-state index in [1.165, 1.54) is 44.2 Å². The molecular formula is C17H27N. The third kappa shape index (κ3) is 3.35. The van der Waals surface area contributed by atoms with Gasteiger partial charge in [0.05, 0.1) is 0 Å². The third-order valence-corrected chi connectivity index (χ3v) is 4.53. The van der Waals surface area contributed by atoms with Crippen LogP contribution in [0, 0.1) is 11.8 Å². The fourth-order valence-electron chi connectivity index (χ4n) is 2.97. The second kappa shape index (κ2) is 6.94. The highest BCUT2D eigenvalue weighted by Gasteiger charge is 2.23. The van der Waals surface area contributed by atoms with Crippen LogP contribution >= 0.6 is 0 Å². The van der Waals surface area contributed by atoms with Crippen molar-refractivity contribution in [3.8, 4) is 0 Å². The molecule has 1 aliphatic rings. The standard InChI is InChI=1S/C17H27N/c1-3-15(4-2)17(16-11-6-5-7-12-16)18-13-14-9-8-10-14/h5-7,11-12,14-15,17-18H,3-4,8-10,13H2,1-2H3. The van der Waals surface area contributed by atoms with Crippen LogP contribution in [0.2, 0.25) is 0 Å². The largest absolute Gasteiger partial charge is 0.309 e. The van der Waals surface area contributed by atoms with E-state index in [1.54, 1.807) is 0 Å². The van der Waals surface area contributed by atoms with Crippen LogP contribution in [0.4, 0.5) is 0 Å². The summed E-state index contributed by atoms with van der Waals surface area (Å²) in [5.41, 5.74) is 1.46. The topological polar surface area (TPSA) is 12.0 Å². The van der Waals surface area contributed by atoms with E-state index < -0.39 is 0 Å². The summed E-state index contributed by atoms with van der Waals surface area (Å²) >= 11 is 0. The van der Waals surface area contributed by atoms with Gasteiger partial charge in [-0.1, -0.05) is 63.4 Å². The molecule has 0 aromatic heterocycles. The van der Waals surface area contributed by atoms with E-state index in [0.29, 0.717) is 6.04 Å². The Bertz CT molecular complexity index is 325. The summed E-state index contributed by atoms with van der Waals surface area (Å²) < 4.78 is 0. The Morgan fingerprint density at radius 2 is 1.78 bits per heavy atom. The second-order valence-corrected chi connectivity index (χ2v) is 5.67. The monoisotopic (exact) mass is 245 g/mol. The SMILES string of the molecule is CCC(CC)C(NCC1CCC1)c1ccccc1. The van der Waals surface area contributed by atoms with Crippen LogP contribution < -0.4 is 5.32 Å². The predicted octanol–water partition coefficient (Wildman–Crippen LogP) is 4.55. The average molecular weight is 245 g/mol. The first-order valence-corrected chi connectivity index (χ1v) is 7.63. The lowest BCUT2D eigenvalue weighted by Crippen LogP contribution is -2.34. The van der Waals surface area contributed by atoms with E-state index in [2.05, 4.69) is 49.5 Å². The Labute approximate surface area is 112 Å². The molecule has 0 spiro atoms. The van der Waals surface area contributed by atoms with Gasteiger partial charge < -0.3 is 5.32 Å². The number of hydrogen-bond acceptors (Lipinski definition) is 1. The highest BCUT2D eigenvalue weighted by molar-refractivity contribution is 5.19. The van der Waals surface area contributed by atoms with Gasteiger partial charge in [-0.25, -0.2) is 0 Å². The van der Waals surface area contributed by atoms with Gasteiger partial charge in [-0.2, -0.15) is 0 Å². The molecule has 1 unspecified atom stereocenters. The van der Waals surface area contributed by atoms with Crippen LogP contribution in [0.25, 0.3) is 0 Å². The molecule has 1 nitrogen and oxygen atoms in total. The van der Waals surface area contributed by atoms with Crippen LogP contribution in [0.15, 0.2) is 30.3 Å². The van der Waals surface area contributed by atoms with Crippen LogP contribution in [-0.2, 0) is 0 Å². The van der Waals surface area contributed by atoms with Crippen molar-refractivity contribution < 1.29 is 0 Å². The maximum absolute atomic E-state index is 3.84. The van der Waals surface area contributed by atoms with Crippen molar-refractivity contribution in [3.63, 3.8) is 0 Å². The van der Waals surface area contributed by atoms with Crippen LogP contribution in [0.3, 0.4) is 0 Å². The van der Waals surface area contributed by atoms with E-state index in [0.717, 1.165) is 11.8 Å². The Balaban J connectivity index is 2.01. The molecule has 0 heterocycles. The Morgan fingerprint density at radius 1 is 1.11 bits per heavy atom. The van der Waals surface area contributed by atoms with Crippen molar-refractivity contribution in [3.05, 3.63) is 35.9 Å². The molecule has 0 bridgehead atoms. The van der Waals surface area contributed by atoms with Crippen molar-refractivity contribution in [2.75, 3.05) is 6.54 Å². The van der Waals surface area contributed by atoms with Crippen LogP contribution in [-0.4, -0.2) is 6.54 Å². The summed E-state index contributed by atoms with van der Waals surface area (Å²) in [6, 6.07) is 11.5. The van der Waals surface area contributed by atoms with E-state index in [-0.39, 0.29) is 0 Å². The van der Waals surface area contributed by atoms with Gasteiger partial charge in [0, 0.05) is 6.04 Å². The lowest BCUT2D eigenvalue weighted by atomic mass is 9.84. The molecule has 1 saturated carbocycles. The van der Waals surface area contributed by atoms with Gasteiger partial charge >= 0.3 is 0 Å². The minimum absolute atomic E-state index is 0.543. The summed E-state index contributed by atoms with van der Waals surface area (Å²) in [6.45, 7) is 5.83. The van der Waals surface area contributed by atoms with E-state index in [4.69, 9.17) is 0 Å². The molecule has 1 aromatic rings. The van der Waals surface area contributed by atoms with E-state index in [1.807, 2.05) is 0 Å². The second-order valence-electron chi connectivity index (χ2n) is 5.67. The van der Waals surface area contributed by atoms with E-state index >= 15 is 0 Å². The maximum atomic E-state index is 3.84. The van der Waals surface area contributed by atoms with Gasteiger partial charge in [0.1, 0.15) is 0 Å². The molecule has 1 aromatic carbocycles. The summed E-state index contributed by atoms with van der Waals surface area (Å²) in [7, 11) is 0. The molecule has 0 amide bonds.